The van der Waals surface area contributed by atoms with Crippen LogP contribution in [0, 0.1) is 10.1 Å². The second kappa shape index (κ2) is 4.97. The van der Waals surface area contributed by atoms with Crippen LogP contribution in [-0.4, -0.2) is 9.91 Å². The molecule has 1 aromatic heterocycles. The summed E-state index contributed by atoms with van der Waals surface area (Å²) in [6, 6.07) is 13.7. The molecule has 0 saturated heterocycles. The highest BCUT2D eigenvalue weighted by Gasteiger charge is 2.14. The molecular weight excluding hydrogens is 256 g/mol. The average Bonchev–Trinajstić information content (AvgIpc) is 2.47. The molecule has 3 rings (SSSR count). The quantitative estimate of drug-likeness (QED) is 0.532. The van der Waals surface area contributed by atoms with Crippen molar-refractivity contribution in [2.24, 2.45) is 0 Å². The minimum absolute atomic E-state index is 0.0567. The smallest absolute Gasteiger partial charge is 0.311 e. The minimum Gasteiger partial charge on any atom is -0.450 e. The number of para-hydroxylation sites is 2. The summed E-state index contributed by atoms with van der Waals surface area (Å²) in [5.41, 5.74) is -0.0567. The fourth-order valence-corrected chi connectivity index (χ4v) is 1.95. The fourth-order valence-electron chi connectivity index (χ4n) is 1.95. The standard InChI is InChI=1S/C15H10N2O3/c18-17(19)14-3-1-2-4-15(14)20-13-6-5-11-7-8-16-10-12(11)9-13/h1-10H. The van der Waals surface area contributed by atoms with Crippen molar-refractivity contribution in [2.75, 3.05) is 0 Å². The molecule has 0 aliphatic rings. The highest BCUT2D eigenvalue weighted by molar-refractivity contribution is 5.82. The van der Waals surface area contributed by atoms with Crippen LogP contribution in [0.3, 0.4) is 0 Å². The van der Waals surface area contributed by atoms with Gasteiger partial charge in [-0.05, 0) is 29.7 Å². The first-order valence-corrected chi connectivity index (χ1v) is 5.99. The van der Waals surface area contributed by atoms with Gasteiger partial charge in [-0.1, -0.05) is 18.2 Å². The van der Waals surface area contributed by atoms with Crippen LogP contribution in [0.5, 0.6) is 11.5 Å². The summed E-state index contributed by atoms with van der Waals surface area (Å²) in [5.74, 6) is 0.764. The van der Waals surface area contributed by atoms with E-state index in [9.17, 15) is 10.1 Å². The van der Waals surface area contributed by atoms with Gasteiger partial charge in [0, 0.05) is 23.8 Å². The van der Waals surface area contributed by atoms with E-state index in [-0.39, 0.29) is 11.4 Å². The predicted octanol–water partition coefficient (Wildman–Crippen LogP) is 3.94. The van der Waals surface area contributed by atoms with Crippen molar-refractivity contribution < 1.29 is 9.66 Å². The van der Waals surface area contributed by atoms with Crippen LogP contribution in [0.4, 0.5) is 5.69 Å². The van der Waals surface area contributed by atoms with Gasteiger partial charge in [-0.3, -0.25) is 15.1 Å². The molecule has 0 fully saturated rings. The Kier molecular flexibility index (Phi) is 3.01. The molecule has 5 heteroatoms. The molecule has 3 aromatic rings. The van der Waals surface area contributed by atoms with Gasteiger partial charge in [0.05, 0.1) is 4.92 Å². The zero-order valence-electron chi connectivity index (χ0n) is 10.4. The number of nitrogens with zero attached hydrogens (tertiary/aromatic N) is 2. The number of ether oxygens (including phenoxy) is 1. The van der Waals surface area contributed by atoms with Gasteiger partial charge >= 0.3 is 5.69 Å². The Labute approximate surface area is 114 Å². The number of rotatable bonds is 3. The Hall–Kier alpha value is -2.95. The van der Waals surface area contributed by atoms with Gasteiger partial charge in [-0.15, -0.1) is 0 Å². The first-order chi connectivity index (χ1) is 9.74. The molecule has 0 N–H and O–H groups in total. The lowest BCUT2D eigenvalue weighted by molar-refractivity contribution is -0.385. The molecule has 0 radical (unpaired) electrons. The summed E-state index contributed by atoms with van der Waals surface area (Å²) in [4.78, 5) is 14.5. The van der Waals surface area contributed by atoms with Crippen molar-refractivity contribution in [1.82, 2.24) is 4.98 Å². The van der Waals surface area contributed by atoms with Crippen LogP contribution in [0.2, 0.25) is 0 Å². The summed E-state index contributed by atoms with van der Waals surface area (Å²) >= 11 is 0. The highest BCUT2D eigenvalue weighted by atomic mass is 16.6. The number of aromatic nitrogens is 1. The molecule has 0 unspecified atom stereocenters. The minimum atomic E-state index is -0.460. The third kappa shape index (κ3) is 2.29. The van der Waals surface area contributed by atoms with Crippen molar-refractivity contribution in [3.63, 3.8) is 0 Å². The predicted molar refractivity (Wildman–Crippen MR) is 74.9 cm³/mol. The molecule has 20 heavy (non-hydrogen) atoms. The van der Waals surface area contributed by atoms with Gasteiger partial charge in [-0.2, -0.15) is 0 Å². The Morgan fingerprint density at radius 1 is 1.05 bits per heavy atom. The van der Waals surface area contributed by atoms with Gasteiger partial charge in [-0.25, -0.2) is 0 Å². The fraction of sp³-hybridized carbons (Fsp3) is 0. The summed E-state index contributed by atoms with van der Waals surface area (Å²) < 4.78 is 5.61. The SMILES string of the molecule is O=[N+]([O-])c1ccccc1Oc1ccc2ccncc2c1. The molecule has 0 atom stereocenters. The number of nitro groups is 1. The summed E-state index contributed by atoms with van der Waals surface area (Å²) in [5, 5.41) is 12.9. The first kappa shape index (κ1) is 12.1. The maximum Gasteiger partial charge on any atom is 0.311 e. The molecule has 5 nitrogen and oxygen atoms in total. The lowest BCUT2D eigenvalue weighted by Crippen LogP contribution is -1.92. The molecule has 0 amide bonds. The Morgan fingerprint density at radius 3 is 2.75 bits per heavy atom. The number of nitro benzene ring substituents is 1. The van der Waals surface area contributed by atoms with Crippen molar-refractivity contribution in [1.29, 1.82) is 0 Å². The van der Waals surface area contributed by atoms with E-state index in [1.54, 1.807) is 42.7 Å². The van der Waals surface area contributed by atoms with Crippen molar-refractivity contribution in [2.45, 2.75) is 0 Å². The van der Waals surface area contributed by atoms with Gasteiger partial charge in [0.25, 0.3) is 0 Å². The zero-order chi connectivity index (χ0) is 13.9. The number of pyridine rings is 1. The molecule has 0 spiro atoms. The van der Waals surface area contributed by atoms with E-state index in [0.717, 1.165) is 10.8 Å². The Balaban J connectivity index is 1.99. The second-order valence-corrected chi connectivity index (χ2v) is 4.21. The number of hydrogen-bond acceptors (Lipinski definition) is 4. The van der Waals surface area contributed by atoms with Crippen molar-refractivity contribution in [3.05, 3.63) is 71.0 Å². The summed E-state index contributed by atoms with van der Waals surface area (Å²) in [7, 11) is 0. The lowest BCUT2D eigenvalue weighted by Gasteiger charge is -2.07. The molecule has 0 aliphatic heterocycles. The molecule has 98 valence electrons. The molecule has 0 bridgehead atoms. The van der Waals surface area contributed by atoms with Gasteiger partial charge in [0.15, 0.2) is 0 Å². The maximum absolute atomic E-state index is 10.9. The normalized spacial score (nSPS) is 10.4. The highest BCUT2D eigenvalue weighted by Crippen LogP contribution is 2.31. The van der Waals surface area contributed by atoms with Crippen molar-refractivity contribution >= 4 is 16.5 Å². The molecular formula is C15H10N2O3. The molecule has 2 aromatic carbocycles. The number of fused-ring (bicyclic) bond motifs is 1. The monoisotopic (exact) mass is 266 g/mol. The molecule has 0 saturated carbocycles. The van der Waals surface area contributed by atoms with Gasteiger partial charge in [0.2, 0.25) is 5.75 Å². The summed E-state index contributed by atoms with van der Waals surface area (Å²) in [6.45, 7) is 0. The largest absolute Gasteiger partial charge is 0.450 e. The third-order valence-corrected chi connectivity index (χ3v) is 2.90. The van der Waals surface area contributed by atoms with E-state index >= 15 is 0 Å². The maximum atomic E-state index is 10.9. The van der Waals surface area contributed by atoms with E-state index in [4.69, 9.17) is 4.74 Å². The van der Waals surface area contributed by atoms with Crippen LogP contribution < -0.4 is 4.74 Å². The van der Waals surface area contributed by atoms with Crippen LogP contribution in [0.15, 0.2) is 60.9 Å². The van der Waals surface area contributed by atoms with E-state index in [2.05, 4.69) is 4.98 Å². The van der Waals surface area contributed by atoms with E-state index < -0.39 is 4.92 Å². The first-order valence-electron chi connectivity index (χ1n) is 5.99. The Morgan fingerprint density at radius 2 is 1.90 bits per heavy atom. The zero-order valence-corrected chi connectivity index (χ0v) is 10.4. The van der Waals surface area contributed by atoms with E-state index in [1.165, 1.54) is 6.07 Å². The van der Waals surface area contributed by atoms with Crippen molar-refractivity contribution in [3.8, 4) is 11.5 Å². The third-order valence-electron chi connectivity index (χ3n) is 2.90. The van der Waals surface area contributed by atoms with Crippen LogP contribution >= 0.6 is 0 Å². The van der Waals surface area contributed by atoms with E-state index in [0.29, 0.717) is 5.75 Å². The second-order valence-electron chi connectivity index (χ2n) is 4.21. The number of hydrogen-bond donors (Lipinski definition) is 0. The van der Waals surface area contributed by atoms with E-state index in [1.807, 2.05) is 12.1 Å². The van der Waals surface area contributed by atoms with Gasteiger partial charge < -0.3 is 4.74 Å². The topological polar surface area (TPSA) is 65.3 Å². The van der Waals surface area contributed by atoms with Crippen LogP contribution in [0.25, 0.3) is 10.8 Å². The van der Waals surface area contributed by atoms with Gasteiger partial charge in [0.1, 0.15) is 5.75 Å². The molecule has 1 heterocycles. The summed E-state index contributed by atoms with van der Waals surface area (Å²) in [6.07, 6.45) is 3.44. The lowest BCUT2D eigenvalue weighted by atomic mass is 10.2. The molecule has 0 aliphatic carbocycles. The van der Waals surface area contributed by atoms with Crippen LogP contribution in [0.1, 0.15) is 0 Å². The van der Waals surface area contributed by atoms with Crippen LogP contribution in [-0.2, 0) is 0 Å². The average molecular weight is 266 g/mol. The number of benzene rings is 2. The Bertz CT molecular complexity index is 787.